The van der Waals surface area contributed by atoms with Crippen molar-refractivity contribution in [2.24, 2.45) is 0 Å². The van der Waals surface area contributed by atoms with E-state index < -0.39 is 48.0 Å². The second-order valence-electron chi connectivity index (χ2n) is 7.06. The van der Waals surface area contributed by atoms with Crippen LogP contribution in [0.2, 0.25) is 0 Å². The molecular weight excluding hydrogens is 418 g/mol. The highest BCUT2D eigenvalue weighted by Crippen LogP contribution is 2.43. The van der Waals surface area contributed by atoms with Crippen LogP contribution >= 0.6 is 0 Å². The van der Waals surface area contributed by atoms with Crippen LogP contribution in [0.25, 0.3) is 10.9 Å². The van der Waals surface area contributed by atoms with Gasteiger partial charge in [0.2, 0.25) is 5.88 Å². The fraction of sp³-hybridized carbons (Fsp3) is 0.474. The molecule has 2 aromatic rings. The molecule has 0 aliphatic carbocycles. The predicted octanol–water partition coefficient (Wildman–Crippen LogP) is 5.11. The van der Waals surface area contributed by atoms with Gasteiger partial charge >= 0.3 is 12.4 Å². The van der Waals surface area contributed by atoms with Gasteiger partial charge < -0.3 is 9.47 Å². The van der Waals surface area contributed by atoms with Crippen molar-refractivity contribution in [2.45, 2.75) is 51.8 Å². The Labute approximate surface area is 167 Å². The van der Waals surface area contributed by atoms with Crippen LogP contribution in [0.4, 0.5) is 32.0 Å². The number of benzene rings is 1. The number of carbonyl (C=O) groups excluding carboxylic acids is 1. The van der Waals surface area contributed by atoms with Crippen LogP contribution in [0, 0.1) is 0 Å². The van der Waals surface area contributed by atoms with E-state index in [0.717, 1.165) is 12.1 Å². The topological polar surface area (TPSA) is 51.7 Å². The lowest BCUT2D eigenvalue weighted by atomic mass is 10.0. The first-order valence-electron chi connectivity index (χ1n) is 9.07. The summed E-state index contributed by atoms with van der Waals surface area (Å²) >= 11 is 0. The molecule has 11 heteroatoms. The van der Waals surface area contributed by atoms with Crippen molar-refractivity contribution >= 4 is 22.5 Å². The quantitative estimate of drug-likeness (QED) is 0.626. The molecule has 30 heavy (non-hydrogen) atoms. The summed E-state index contributed by atoms with van der Waals surface area (Å²) in [5.74, 6) is -1.40. The highest BCUT2D eigenvalue weighted by Gasteiger charge is 2.42. The molecule has 1 aromatic carbocycles. The van der Waals surface area contributed by atoms with E-state index in [-0.39, 0.29) is 29.3 Å². The highest BCUT2D eigenvalue weighted by molar-refractivity contribution is 6.03. The molecule has 1 atom stereocenters. The zero-order valence-electron chi connectivity index (χ0n) is 16.2. The number of pyridine rings is 1. The summed E-state index contributed by atoms with van der Waals surface area (Å²) in [4.78, 5) is 16.9. The van der Waals surface area contributed by atoms with Crippen molar-refractivity contribution in [3.8, 4) is 11.6 Å². The molecule has 0 saturated heterocycles. The van der Waals surface area contributed by atoms with E-state index >= 15 is 0 Å². The van der Waals surface area contributed by atoms with E-state index in [1.165, 1.54) is 0 Å². The molecule has 164 valence electrons. The number of aromatic nitrogens is 1. The second kappa shape index (κ2) is 7.51. The fourth-order valence-corrected chi connectivity index (χ4v) is 3.16. The summed E-state index contributed by atoms with van der Waals surface area (Å²) in [5, 5.41) is -0.462. The number of hydrogen-bond acceptors (Lipinski definition) is 4. The van der Waals surface area contributed by atoms with E-state index in [2.05, 4.69) is 4.98 Å². The minimum Gasteiger partial charge on any atom is -0.478 e. The summed E-state index contributed by atoms with van der Waals surface area (Å²) in [6.45, 7) is 3.13. The summed E-state index contributed by atoms with van der Waals surface area (Å²) in [7, 11) is 0. The first-order valence-corrected chi connectivity index (χ1v) is 9.07. The van der Waals surface area contributed by atoms with Crippen LogP contribution in [-0.4, -0.2) is 35.8 Å². The van der Waals surface area contributed by atoms with Crippen LogP contribution in [-0.2, 0) is 11.0 Å². The Morgan fingerprint density at radius 3 is 2.37 bits per heavy atom. The number of alkyl halides is 6. The van der Waals surface area contributed by atoms with Gasteiger partial charge in [-0.05, 0) is 26.3 Å². The molecule has 0 N–H and O–H groups in total. The molecule has 5 nitrogen and oxygen atoms in total. The summed E-state index contributed by atoms with van der Waals surface area (Å²) in [6.07, 6.45) is -11.1. The number of fused-ring (bicyclic) bond motifs is 2. The van der Waals surface area contributed by atoms with Crippen LogP contribution in [0.15, 0.2) is 18.2 Å². The predicted molar refractivity (Wildman–Crippen MR) is 95.6 cm³/mol. The largest absolute Gasteiger partial charge is 0.478 e. The average molecular weight is 436 g/mol. The summed E-state index contributed by atoms with van der Waals surface area (Å²) < 4.78 is 90.9. The van der Waals surface area contributed by atoms with Gasteiger partial charge in [-0.1, -0.05) is 6.92 Å². The van der Waals surface area contributed by atoms with E-state index in [1.807, 2.05) is 0 Å². The SMILES string of the molecule is CCC1Oc2cc3nc(OC(C)C)cc(C(F)(F)F)c3cc2N(CC(F)(F)F)C1=O. The third-order valence-corrected chi connectivity index (χ3v) is 4.34. The van der Waals surface area contributed by atoms with Gasteiger partial charge in [-0.15, -0.1) is 0 Å². The third kappa shape index (κ3) is 4.39. The lowest BCUT2D eigenvalue weighted by Crippen LogP contribution is -2.49. The smallest absolute Gasteiger partial charge is 0.417 e. The molecule has 0 saturated carbocycles. The number of rotatable bonds is 4. The van der Waals surface area contributed by atoms with Crippen molar-refractivity contribution < 1.29 is 40.6 Å². The van der Waals surface area contributed by atoms with Crippen LogP contribution < -0.4 is 14.4 Å². The van der Waals surface area contributed by atoms with Gasteiger partial charge in [0, 0.05) is 17.5 Å². The maximum absolute atomic E-state index is 13.7. The Balaban J connectivity index is 2.26. The van der Waals surface area contributed by atoms with Crippen molar-refractivity contribution in [3.63, 3.8) is 0 Å². The number of ether oxygens (including phenoxy) is 2. The first-order chi connectivity index (χ1) is 13.8. The van der Waals surface area contributed by atoms with Crippen molar-refractivity contribution in [1.29, 1.82) is 0 Å². The van der Waals surface area contributed by atoms with Gasteiger partial charge in [-0.2, -0.15) is 26.3 Å². The Morgan fingerprint density at radius 1 is 1.17 bits per heavy atom. The highest BCUT2D eigenvalue weighted by atomic mass is 19.4. The number of halogens is 6. The molecule has 3 rings (SSSR count). The minimum atomic E-state index is -4.83. The van der Waals surface area contributed by atoms with Crippen molar-refractivity contribution in [1.82, 2.24) is 4.98 Å². The van der Waals surface area contributed by atoms with Gasteiger partial charge in [0.15, 0.2) is 6.10 Å². The normalized spacial score (nSPS) is 17.3. The molecule has 2 heterocycles. The van der Waals surface area contributed by atoms with E-state index in [9.17, 15) is 31.1 Å². The Kier molecular flexibility index (Phi) is 5.50. The van der Waals surface area contributed by atoms with Crippen molar-refractivity contribution in [3.05, 3.63) is 23.8 Å². The number of anilines is 1. The second-order valence-corrected chi connectivity index (χ2v) is 7.06. The monoisotopic (exact) mass is 436 g/mol. The van der Waals surface area contributed by atoms with Gasteiger partial charge in [-0.25, -0.2) is 4.98 Å². The lowest BCUT2D eigenvalue weighted by Gasteiger charge is -2.34. The van der Waals surface area contributed by atoms with Gasteiger partial charge in [0.25, 0.3) is 5.91 Å². The van der Waals surface area contributed by atoms with E-state index in [0.29, 0.717) is 11.0 Å². The molecular formula is C19H18F6N2O3. The Morgan fingerprint density at radius 2 is 1.83 bits per heavy atom. The average Bonchev–Trinajstić information content (AvgIpc) is 2.59. The van der Waals surface area contributed by atoms with Crippen LogP contribution in [0.3, 0.4) is 0 Å². The maximum Gasteiger partial charge on any atom is 0.417 e. The zero-order valence-corrected chi connectivity index (χ0v) is 16.2. The molecule has 0 spiro atoms. The molecule has 1 aromatic heterocycles. The molecule has 0 fully saturated rings. The van der Waals surface area contributed by atoms with E-state index in [1.54, 1.807) is 20.8 Å². The van der Waals surface area contributed by atoms with Gasteiger partial charge in [-0.3, -0.25) is 9.69 Å². The fourth-order valence-electron chi connectivity index (χ4n) is 3.16. The zero-order chi connectivity index (χ0) is 22.4. The number of amides is 1. The first kappa shape index (κ1) is 22.0. The standard InChI is InChI=1S/C19H18F6N2O3/c1-4-14-17(28)27(8-18(20,21)22)13-5-10-11(19(23,24)25)6-16(29-9(2)3)26-12(10)7-15(13)30-14/h5-7,9,14H,4,8H2,1-3H3. The number of carbonyl (C=O) groups is 1. The maximum atomic E-state index is 13.7. The van der Waals surface area contributed by atoms with Crippen LogP contribution in [0.1, 0.15) is 32.8 Å². The Hall–Kier alpha value is -2.72. The molecule has 0 radical (unpaired) electrons. The molecule has 1 unspecified atom stereocenters. The summed E-state index contributed by atoms with van der Waals surface area (Å²) in [5.41, 5.74) is -1.70. The van der Waals surface area contributed by atoms with E-state index in [4.69, 9.17) is 9.47 Å². The minimum absolute atomic E-state index is 0.0857. The van der Waals surface area contributed by atoms with Gasteiger partial charge in [0.05, 0.1) is 22.9 Å². The molecule has 1 aliphatic heterocycles. The number of nitrogens with zero attached hydrogens (tertiary/aromatic N) is 2. The third-order valence-electron chi connectivity index (χ3n) is 4.34. The van der Waals surface area contributed by atoms with Crippen molar-refractivity contribution in [2.75, 3.05) is 11.4 Å². The Bertz CT molecular complexity index is 971. The lowest BCUT2D eigenvalue weighted by molar-refractivity contribution is -0.138. The van der Waals surface area contributed by atoms with Gasteiger partial charge in [0.1, 0.15) is 12.3 Å². The molecule has 0 bridgehead atoms. The number of hydrogen-bond donors (Lipinski definition) is 0. The molecule has 1 aliphatic rings. The summed E-state index contributed by atoms with van der Waals surface area (Å²) in [6, 6.07) is 2.64. The van der Waals surface area contributed by atoms with Crippen LogP contribution in [0.5, 0.6) is 11.6 Å². The molecule has 1 amide bonds.